The number of hydrogen-bond acceptors (Lipinski definition) is 5. The van der Waals surface area contributed by atoms with Crippen LogP contribution in [-0.4, -0.2) is 29.0 Å². The van der Waals surface area contributed by atoms with E-state index in [2.05, 4.69) is 20.7 Å². The zero-order valence-corrected chi connectivity index (χ0v) is 12.7. The summed E-state index contributed by atoms with van der Waals surface area (Å²) in [6, 6.07) is 4.32. The van der Waals surface area contributed by atoms with Gasteiger partial charge in [-0.1, -0.05) is 17.7 Å². The summed E-state index contributed by atoms with van der Waals surface area (Å²) in [6.45, 7) is 3.64. The van der Waals surface area contributed by atoms with Gasteiger partial charge in [0.15, 0.2) is 5.82 Å². The Kier molecular flexibility index (Phi) is 5.11. The Labute approximate surface area is 131 Å². The summed E-state index contributed by atoms with van der Waals surface area (Å²) in [5, 5.41) is 10.7. The van der Waals surface area contributed by atoms with Crippen LogP contribution in [0.1, 0.15) is 28.5 Å². The Morgan fingerprint density at radius 1 is 1.59 bits per heavy atom. The molecule has 0 aliphatic carbocycles. The van der Waals surface area contributed by atoms with Crippen molar-refractivity contribution in [3.8, 4) is 0 Å². The van der Waals surface area contributed by atoms with Gasteiger partial charge in [-0.3, -0.25) is 10.5 Å². The van der Waals surface area contributed by atoms with Gasteiger partial charge in [0.05, 0.1) is 17.8 Å². The lowest BCUT2D eigenvalue weighted by Crippen LogP contribution is -2.08. The summed E-state index contributed by atoms with van der Waals surface area (Å²) in [5.74, 6) is -0.822. The van der Waals surface area contributed by atoms with E-state index in [9.17, 15) is 9.18 Å². The lowest BCUT2D eigenvalue weighted by atomic mass is 10.2. The average molecular weight is 325 g/mol. The molecule has 1 heterocycles. The summed E-state index contributed by atoms with van der Waals surface area (Å²) in [5.41, 5.74) is 3.51. The van der Waals surface area contributed by atoms with Gasteiger partial charge in [0.1, 0.15) is 11.4 Å². The van der Waals surface area contributed by atoms with Crippen molar-refractivity contribution in [3.63, 3.8) is 0 Å². The van der Waals surface area contributed by atoms with E-state index in [1.54, 1.807) is 19.9 Å². The molecule has 2 aromatic rings. The SMILES string of the molecule is CCOC(=O)c1c(N/N=C/c2c(F)cccc2Cl)n[nH]c1C. The van der Waals surface area contributed by atoms with E-state index in [4.69, 9.17) is 16.3 Å². The second kappa shape index (κ2) is 7.04. The molecule has 1 aromatic carbocycles. The number of rotatable bonds is 5. The van der Waals surface area contributed by atoms with Gasteiger partial charge in [0.2, 0.25) is 0 Å². The van der Waals surface area contributed by atoms with Gasteiger partial charge in [-0.15, -0.1) is 0 Å². The first-order valence-corrected chi connectivity index (χ1v) is 6.87. The first kappa shape index (κ1) is 16.0. The highest BCUT2D eigenvalue weighted by molar-refractivity contribution is 6.33. The van der Waals surface area contributed by atoms with Crippen LogP contribution < -0.4 is 5.43 Å². The average Bonchev–Trinajstić information content (AvgIpc) is 2.83. The van der Waals surface area contributed by atoms with Crippen LogP contribution in [0.2, 0.25) is 5.02 Å². The van der Waals surface area contributed by atoms with E-state index >= 15 is 0 Å². The number of aryl methyl sites for hydroxylation is 1. The van der Waals surface area contributed by atoms with Crippen molar-refractivity contribution in [2.45, 2.75) is 13.8 Å². The summed E-state index contributed by atoms with van der Waals surface area (Å²) in [6.07, 6.45) is 1.22. The van der Waals surface area contributed by atoms with Crippen LogP contribution in [0.3, 0.4) is 0 Å². The molecule has 116 valence electrons. The standard InChI is InChI=1S/C14H14ClFN4O2/c1-3-22-14(21)12-8(2)18-20-13(12)19-17-7-9-10(15)5-4-6-11(9)16/h4-7H,3H2,1-2H3,(H2,18,19,20)/b17-7+. The number of nitrogens with zero attached hydrogens (tertiary/aromatic N) is 2. The number of hydrazone groups is 1. The highest BCUT2D eigenvalue weighted by atomic mass is 35.5. The zero-order valence-electron chi connectivity index (χ0n) is 12.0. The third-order valence-electron chi connectivity index (χ3n) is 2.79. The van der Waals surface area contributed by atoms with Crippen molar-refractivity contribution in [2.75, 3.05) is 12.0 Å². The van der Waals surface area contributed by atoms with Crippen molar-refractivity contribution in [1.29, 1.82) is 0 Å². The third-order valence-corrected chi connectivity index (χ3v) is 3.12. The fraction of sp³-hybridized carbons (Fsp3) is 0.214. The van der Waals surface area contributed by atoms with Gasteiger partial charge in [-0.05, 0) is 26.0 Å². The van der Waals surface area contributed by atoms with Crippen molar-refractivity contribution in [1.82, 2.24) is 10.2 Å². The van der Waals surface area contributed by atoms with E-state index in [0.29, 0.717) is 5.69 Å². The van der Waals surface area contributed by atoms with E-state index < -0.39 is 11.8 Å². The van der Waals surface area contributed by atoms with Crippen LogP contribution in [0.5, 0.6) is 0 Å². The molecule has 0 saturated heterocycles. The topological polar surface area (TPSA) is 79.4 Å². The molecule has 0 atom stereocenters. The summed E-state index contributed by atoms with van der Waals surface area (Å²) < 4.78 is 18.5. The number of anilines is 1. The molecular weight excluding hydrogens is 311 g/mol. The highest BCUT2D eigenvalue weighted by Crippen LogP contribution is 2.19. The van der Waals surface area contributed by atoms with Crippen LogP contribution in [0.25, 0.3) is 0 Å². The number of ether oxygens (including phenoxy) is 1. The van der Waals surface area contributed by atoms with Gasteiger partial charge in [0, 0.05) is 11.3 Å². The van der Waals surface area contributed by atoms with E-state index in [1.165, 1.54) is 18.3 Å². The zero-order chi connectivity index (χ0) is 16.1. The molecular formula is C14H14ClFN4O2. The van der Waals surface area contributed by atoms with Gasteiger partial charge in [0.25, 0.3) is 0 Å². The number of carbonyl (C=O) groups is 1. The van der Waals surface area contributed by atoms with Gasteiger partial charge >= 0.3 is 5.97 Å². The minimum atomic E-state index is -0.518. The van der Waals surface area contributed by atoms with Crippen molar-refractivity contribution in [3.05, 3.63) is 45.9 Å². The normalized spacial score (nSPS) is 10.9. The van der Waals surface area contributed by atoms with E-state index in [-0.39, 0.29) is 28.6 Å². The monoisotopic (exact) mass is 324 g/mol. The number of aromatic nitrogens is 2. The van der Waals surface area contributed by atoms with Gasteiger partial charge in [-0.2, -0.15) is 10.2 Å². The number of esters is 1. The van der Waals surface area contributed by atoms with Crippen LogP contribution in [-0.2, 0) is 4.74 Å². The number of H-pyrrole nitrogens is 1. The molecule has 0 aliphatic rings. The Hall–Kier alpha value is -2.41. The first-order valence-electron chi connectivity index (χ1n) is 6.49. The largest absolute Gasteiger partial charge is 0.462 e. The molecule has 1 aromatic heterocycles. The maximum atomic E-state index is 13.6. The lowest BCUT2D eigenvalue weighted by Gasteiger charge is -2.03. The molecule has 2 N–H and O–H groups in total. The van der Waals surface area contributed by atoms with Gasteiger partial charge < -0.3 is 4.74 Å². The number of nitrogens with one attached hydrogen (secondary N) is 2. The molecule has 0 amide bonds. The van der Waals surface area contributed by atoms with E-state index in [1.807, 2.05) is 0 Å². The molecule has 2 rings (SSSR count). The minimum absolute atomic E-state index is 0.140. The summed E-state index contributed by atoms with van der Waals surface area (Å²) >= 11 is 5.88. The molecule has 0 fully saturated rings. The quantitative estimate of drug-likeness (QED) is 0.503. The predicted octanol–water partition coefficient (Wildman–Crippen LogP) is 3.13. The number of carbonyl (C=O) groups excluding carboxylic acids is 1. The number of benzene rings is 1. The molecule has 0 radical (unpaired) electrons. The van der Waals surface area contributed by atoms with Crippen LogP contribution in [0.15, 0.2) is 23.3 Å². The minimum Gasteiger partial charge on any atom is -0.462 e. The second-order valence-electron chi connectivity index (χ2n) is 4.30. The maximum absolute atomic E-state index is 13.6. The molecule has 0 bridgehead atoms. The molecule has 22 heavy (non-hydrogen) atoms. The van der Waals surface area contributed by atoms with Gasteiger partial charge in [-0.25, -0.2) is 9.18 Å². The molecule has 0 saturated carbocycles. The second-order valence-corrected chi connectivity index (χ2v) is 4.71. The van der Waals surface area contributed by atoms with Crippen LogP contribution in [0, 0.1) is 12.7 Å². The van der Waals surface area contributed by atoms with Crippen LogP contribution >= 0.6 is 11.6 Å². The fourth-order valence-corrected chi connectivity index (χ4v) is 1.97. The Morgan fingerprint density at radius 2 is 2.36 bits per heavy atom. The van der Waals surface area contributed by atoms with Crippen LogP contribution in [0.4, 0.5) is 10.2 Å². The molecule has 0 unspecified atom stereocenters. The third kappa shape index (κ3) is 3.43. The lowest BCUT2D eigenvalue weighted by molar-refractivity contribution is 0.0526. The Balaban J connectivity index is 2.19. The first-order chi connectivity index (χ1) is 10.5. The van der Waals surface area contributed by atoms with Crippen molar-refractivity contribution >= 4 is 29.6 Å². The number of halogens is 2. The molecule has 0 spiro atoms. The maximum Gasteiger partial charge on any atom is 0.343 e. The molecule has 6 nitrogen and oxygen atoms in total. The van der Waals surface area contributed by atoms with E-state index in [0.717, 1.165) is 0 Å². The van der Waals surface area contributed by atoms with Crippen molar-refractivity contribution in [2.24, 2.45) is 5.10 Å². The summed E-state index contributed by atoms with van der Waals surface area (Å²) in [4.78, 5) is 11.8. The Morgan fingerprint density at radius 3 is 3.05 bits per heavy atom. The predicted molar refractivity (Wildman–Crippen MR) is 81.9 cm³/mol. The van der Waals surface area contributed by atoms with Crippen molar-refractivity contribution < 1.29 is 13.9 Å². The fourth-order valence-electron chi connectivity index (χ4n) is 1.76. The Bertz CT molecular complexity index is 695. The molecule has 0 aliphatic heterocycles. The molecule has 8 heteroatoms. The summed E-state index contributed by atoms with van der Waals surface area (Å²) in [7, 11) is 0. The highest BCUT2D eigenvalue weighted by Gasteiger charge is 2.19. The smallest absolute Gasteiger partial charge is 0.343 e. The number of hydrogen-bond donors (Lipinski definition) is 2. The number of aromatic amines is 1.